The smallest absolute Gasteiger partial charge is 0.261 e. The van der Waals surface area contributed by atoms with E-state index in [1.165, 1.54) is 0 Å². The van der Waals surface area contributed by atoms with Crippen LogP contribution in [0.15, 0.2) is 24.3 Å². The summed E-state index contributed by atoms with van der Waals surface area (Å²) in [5, 5.41) is 3.59. The summed E-state index contributed by atoms with van der Waals surface area (Å²) in [7, 11) is 0. The van der Waals surface area contributed by atoms with Gasteiger partial charge in [-0.2, -0.15) is 0 Å². The van der Waals surface area contributed by atoms with Gasteiger partial charge in [-0.15, -0.1) is 0 Å². The molecular formula is C16H23ClN2O3. The van der Waals surface area contributed by atoms with E-state index in [0.29, 0.717) is 23.7 Å². The van der Waals surface area contributed by atoms with Crippen molar-refractivity contribution in [3.8, 4) is 5.75 Å². The highest BCUT2D eigenvalue weighted by Crippen LogP contribution is 2.17. The van der Waals surface area contributed by atoms with Crippen LogP contribution < -0.4 is 10.1 Å². The molecule has 22 heavy (non-hydrogen) atoms. The topological polar surface area (TPSA) is 50.8 Å². The van der Waals surface area contributed by atoms with Crippen LogP contribution >= 0.6 is 11.6 Å². The third-order valence-corrected chi connectivity index (χ3v) is 3.84. The number of hydrogen-bond acceptors (Lipinski definition) is 4. The standard InChI is InChI=1S/C16H23ClN2O3/c1-2-15(22-14-5-3-13(17)4-6-14)16(20)18-7-8-19-9-11-21-12-10-19/h3-6,15H,2,7-12H2,1H3,(H,18,20)/t15-/m0/s1. The molecule has 0 aliphatic carbocycles. The average molecular weight is 327 g/mol. The maximum Gasteiger partial charge on any atom is 0.261 e. The Labute approximate surface area is 136 Å². The van der Waals surface area contributed by atoms with Crippen LogP contribution in [0.5, 0.6) is 5.75 Å². The number of nitrogens with one attached hydrogen (secondary N) is 1. The average Bonchev–Trinajstić information content (AvgIpc) is 2.55. The van der Waals surface area contributed by atoms with Gasteiger partial charge in [-0.25, -0.2) is 0 Å². The van der Waals surface area contributed by atoms with Crippen LogP contribution in [0.3, 0.4) is 0 Å². The second kappa shape index (κ2) is 8.98. The van der Waals surface area contributed by atoms with Gasteiger partial charge in [0, 0.05) is 31.2 Å². The Bertz CT molecular complexity index is 461. The number of benzene rings is 1. The zero-order valence-corrected chi connectivity index (χ0v) is 13.6. The first-order chi connectivity index (χ1) is 10.7. The summed E-state index contributed by atoms with van der Waals surface area (Å²) in [6.07, 6.45) is 0.136. The minimum absolute atomic E-state index is 0.0780. The van der Waals surface area contributed by atoms with Gasteiger partial charge < -0.3 is 14.8 Å². The van der Waals surface area contributed by atoms with E-state index >= 15 is 0 Å². The maximum absolute atomic E-state index is 12.2. The lowest BCUT2D eigenvalue weighted by Crippen LogP contribution is -2.44. The number of halogens is 1. The summed E-state index contributed by atoms with van der Waals surface area (Å²) >= 11 is 5.84. The molecule has 122 valence electrons. The Morgan fingerprint density at radius 1 is 1.36 bits per heavy atom. The fraction of sp³-hybridized carbons (Fsp3) is 0.562. The minimum atomic E-state index is -0.481. The first-order valence-electron chi connectivity index (χ1n) is 7.69. The molecule has 1 heterocycles. The lowest BCUT2D eigenvalue weighted by atomic mass is 10.2. The Hall–Kier alpha value is -1.30. The van der Waals surface area contributed by atoms with Gasteiger partial charge in [-0.1, -0.05) is 18.5 Å². The van der Waals surface area contributed by atoms with Gasteiger partial charge in [-0.3, -0.25) is 9.69 Å². The zero-order chi connectivity index (χ0) is 15.8. The van der Waals surface area contributed by atoms with E-state index in [-0.39, 0.29) is 5.91 Å². The molecule has 0 radical (unpaired) electrons. The molecule has 5 nitrogen and oxygen atoms in total. The number of morpholine rings is 1. The molecule has 0 saturated carbocycles. The number of amides is 1. The molecule has 2 rings (SSSR count). The molecule has 0 spiro atoms. The zero-order valence-electron chi connectivity index (χ0n) is 12.9. The second-order valence-electron chi connectivity index (χ2n) is 5.21. The molecule has 1 saturated heterocycles. The number of rotatable bonds is 7. The minimum Gasteiger partial charge on any atom is -0.481 e. The van der Waals surface area contributed by atoms with E-state index < -0.39 is 6.10 Å². The highest BCUT2D eigenvalue weighted by molar-refractivity contribution is 6.30. The van der Waals surface area contributed by atoms with Crippen molar-refractivity contribution in [3.05, 3.63) is 29.3 Å². The first-order valence-corrected chi connectivity index (χ1v) is 8.07. The van der Waals surface area contributed by atoms with Crippen molar-refractivity contribution < 1.29 is 14.3 Å². The van der Waals surface area contributed by atoms with E-state index in [0.717, 1.165) is 32.8 Å². The molecule has 1 aliphatic rings. The van der Waals surface area contributed by atoms with Gasteiger partial charge in [0.15, 0.2) is 6.10 Å². The summed E-state index contributed by atoms with van der Waals surface area (Å²) in [6.45, 7) is 6.78. The van der Waals surface area contributed by atoms with Crippen LogP contribution in [0.1, 0.15) is 13.3 Å². The third-order valence-electron chi connectivity index (χ3n) is 3.59. The fourth-order valence-corrected chi connectivity index (χ4v) is 2.40. The third kappa shape index (κ3) is 5.48. The maximum atomic E-state index is 12.2. The summed E-state index contributed by atoms with van der Waals surface area (Å²) in [5.41, 5.74) is 0. The highest BCUT2D eigenvalue weighted by Gasteiger charge is 2.18. The highest BCUT2D eigenvalue weighted by atomic mass is 35.5. The number of carbonyl (C=O) groups excluding carboxylic acids is 1. The number of nitrogens with zero attached hydrogens (tertiary/aromatic N) is 1. The molecule has 1 aromatic carbocycles. The summed E-state index contributed by atoms with van der Waals surface area (Å²) in [4.78, 5) is 14.5. The molecule has 0 bridgehead atoms. The molecule has 1 aliphatic heterocycles. The van der Waals surface area contributed by atoms with Crippen molar-refractivity contribution in [2.75, 3.05) is 39.4 Å². The van der Waals surface area contributed by atoms with Gasteiger partial charge >= 0.3 is 0 Å². The van der Waals surface area contributed by atoms with Crippen LogP contribution in [0.4, 0.5) is 0 Å². The van der Waals surface area contributed by atoms with E-state index in [1.807, 2.05) is 6.92 Å². The largest absolute Gasteiger partial charge is 0.481 e. The fourth-order valence-electron chi connectivity index (χ4n) is 2.28. The van der Waals surface area contributed by atoms with Crippen molar-refractivity contribution >= 4 is 17.5 Å². The molecule has 1 N–H and O–H groups in total. The lowest BCUT2D eigenvalue weighted by Gasteiger charge is -2.26. The summed E-state index contributed by atoms with van der Waals surface area (Å²) in [6, 6.07) is 7.04. The SMILES string of the molecule is CC[C@H](Oc1ccc(Cl)cc1)C(=O)NCCN1CCOCC1. The number of ether oxygens (including phenoxy) is 2. The van der Waals surface area contributed by atoms with Gasteiger partial charge in [0.25, 0.3) is 5.91 Å². The van der Waals surface area contributed by atoms with Crippen molar-refractivity contribution in [1.29, 1.82) is 0 Å². The van der Waals surface area contributed by atoms with Crippen LogP contribution in [-0.2, 0) is 9.53 Å². The Balaban J connectivity index is 1.74. The van der Waals surface area contributed by atoms with Gasteiger partial charge in [0.2, 0.25) is 0 Å². The van der Waals surface area contributed by atoms with E-state index in [2.05, 4.69) is 10.2 Å². The molecule has 0 aromatic heterocycles. The Morgan fingerprint density at radius 3 is 2.68 bits per heavy atom. The van der Waals surface area contributed by atoms with Gasteiger partial charge in [-0.05, 0) is 30.7 Å². The Morgan fingerprint density at radius 2 is 2.05 bits per heavy atom. The van der Waals surface area contributed by atoms with Crippen molar-refractivity contribution in [2.45, 2.75) is 19.4 Å². The lowest BCUT2D eigenvalue weighted by molar-refractivity contribution is -0.128. The molecule has 0 unspecified atom stereocenters. The van der Waals surface area contributed by atoms with Crippen LogP contribution in [0.2, 0.25) is 5.02 Å². The molecule has 6 heteroatoms. The van der Waals surface area contributed by atoms with E-state index in [9.17, 15) is 4.79 Å². The number of carbonyl (C=O) groups is 1. The van der Waals surface area contributed by atoms with Crippen molar-refractivity contribution in [1.82, 2.24) is 10.2 Å². The quantitative estimate of drug-likeness (QED) is 0.832. The molecule has 1 atom stereocenters. The molecule has 1 amide bonds. The first kappa shape index (κ1) is 17.1. The molecule has 1 aromatic rings. The second-order valence-corrected chi connectivity index (χ2v) is 5.65. The van der Waals surface area contributed by atoms with Crippen molar-refractivity contribution in [3.63, 3.8) is 0 Å². The normalized spacial score (nSPS) is 17.0. The summed E-state index contributed by atoms with van der Waals surface area (Å²) < 4.78 is 11.0. The van der Waals surface area contributed by atoms with E-state index in [1.54, 1.807) is 24.3 Å². The van der Waals surface area contributed by atoms with Crippen LogP contribution in [-0.4, -0.2) is 56.3 Å². The van der Waals surface area contributed by atoms with Crippen molar-refractivity contribution in [2.24, 2.45) is 0 Å². The van der Waals surface area contributed by atoms with Crippen LogP contribution in [0.25, 0.3) is 0 Å². The number of hydrogen-bond donors (Lipinski definition) is 1. The summed E-state index contributed by atoms with van der Waals surface area (Å²) in [5.74, 6) is 0.574. The molecule has 1 fully saturated rings. The monoisotopic (exact) mass is 326 g/mol. The Kier molecular flexibility index (Phi) is 6.96. The predicted molar refractivity (Wildman–Crippen MR) is 86.4 cm³/mol. The van der Waals surface area contributed by atoms with Gasteiger partial charge in [0.05, 0.1) is 13.2 Å². The van der Waals surface area contributed by atoms with E-state index in [4.69, 9.17) is 21.1 Å². The molecular weight excluding hydrogens is 304 g/mol. The predicted octanol–water partition coefficient (Wildman–Crippen LogP) is 1.95. The van der Waals surface area contributed by atoms with Crippen LogP contribution in [0, 0.1) is 0 Å². The van der Waals surface area contributed by atoms with Gasteiger partial charge in [0.1, 0.15) is 5.75 Å².